The summed E-state index contributed by atoms with van der Waals surface area (Å²) in [5.74, 6) is 0. The van der Waals surface area contributed by atoms with Crippen molar-refractivity contribution >= 4 is 26.0 Å². The van der Waals surface area contributed by atoms with Gasteiger partial charge in [-0.2, -0.15) is 0 Å². The number of sulfonamides is 1. The highest BCUT2D eigenvalue weighted by molar-refractivity contribution is 9.10. The van der Waals surface area contributed by atoms with Gasteiger partial charge in [-0.25, -0.2) is 13.1 Å². The summed E-state index contributed by atoms with van der Waals surface area (Å²) in [7, 11) is -1.84. The number of nitrogens with one attached hydrogen (secondary N) is 1. The van der Waals surface area contributed by atoms with E-state index in [1.807, 2.05) is 6.92 Å². The lowest BCUT2D eigenvalue weighted by molar-refractivity contribution is 0.0699. The average Bonchev–Trinajstić information content (AvgIpc) is 2.40. The van der Waals surface area contributed by atoms with E-state index in [1.54, 1.807) is 25.3 Å². The first kappa shape index (κ1) is 17.6. The van der Waals surface area contributed by atoms with Gasteiger partial charge >= 0.3 is 0 Å². The molecule has 0 saturated carbocycles. The zero-order chi connectivity index (χ0) is 15.0. The second-order valence-electron chi connectivity index (χ2n) is 4.27. The molecule has 114 valence electrons. The quantitative estimate of drug-likeness (QED) is 0.680. The lowest BCUT2D eigenvalue weighted by Crippen LogP contribution is -2.25. The standard InChI is InChI=1S/C13H20BrNO4S/c1-11-10-12(4-5-13(11)14)20(16,17)15-6-3-7-19-9-8-18-2/h4-5,10,15H,3,6-9H2,1-2H3. The summed E-state index contributed by atoms with van der Waals surface area (Å²) < 4.78 is 37.6. The summed E-state index contributed by atoms with van der Waals surface area (Å²) in [5, 5.41) is 0. The lowest BCUT2D eigenvalue weighted by Gasteiger charge is -2.08. The molecule has 20 heavy (non-hydrogen) atoms. The smallest absolute Gasteiger partial charge is 0.240 e. The number of benzene rings is 1. The van der Waals surface area contributed by atoms with Crippen LogP contribution in [-0.2, 0) is 19.5 Å². The summed E-state index contributed by atoms with van der Waals surface area (Å²) in [4.78, 5) is 0.276. The molecule has 0 amide bonds. The summed E-state index contributed by atoms with van der Waals surface area (Å²) in [6, 6.07) is 4.95. The number of rotatable bonds is 9. The molecule has 0 aliphatic rings. The molecule has 0 atom stereocenters. The van der Waals surface area contributed by atoms with Crippen LogP contribution < -0.4 is 4.72 Å². The summed E-state index contributed by atoms with van der Waals surface area (Å²) in [6.07, 6.45) is 0.623. The monoisotopic (exact) mass is 365 g/mol. The minimum absolute atomic E-state index is 0.276. The number of halogens is 1. The molecule has 0 spiro atoms. The maximum Gasteiger partial charge on any atom is 0.240 e. The van der Waals surface area contributed by atoms with Gasteiger partial charge in [0.05, 0.1) is 18.1 Å². The van der Waals surface area contributed by atoms with E-state index in [4.69, 9.17) is 9.47 Å². The van der Waals surface area contributed by atoms with Crippen LogP contribution in [0.4, 0.5) is 0 Å². The van der Waals surface area contributed by atoms with Gasteiger partial charge in [0.2, 0.25) is 10.0 Å². The van der Waals surface area contributed by atoms with Crippen molar-refractivity contribution in [1.82, 2.24) is 4.72 Å². The average molecular weight is 366 g/mol. The Bertz CT molecular complexity index is 519. The first-order valence-electron chi connectivity index (χ1n) is 6.30. The summed E-state index contributed by atoms with van der Waals surface area (Å²) in [5.41, 5.74) is 0.885. The van der Waals surface area contributed by atoms with Crippen molar-refractivity contribution in [3.63, 3.8) is 0 Å². The van der Waals surface area contributed by atoms with Gasteiger partial charge in [-0.15, -0.1) is 0 Å². The predicted octanol–water partition coefficient (Wildman–Crippen LogP) is 2.09. The fourth-order valence-electron chi connectivity index (χ4n) is 1.49. The molecule has 1 aromatic rings. The van der Waals surface area contributed by atoms with Crippen molar-refractivity contribution in [3.8, 4) is 0 Å². The van der Waals surface area contributed by atoms with Gasteiger partial charge in [-0.3, -0.25) is 0 Å². The Balaban J connectivity index is 2.40. The van der Waals surface area contributed by atoms with Gasteiger partial charge in [0.15, 0.2) is 0 Å². The Kier molecular flexibility index (Phi) is 7.68. The van der Waals surface area contributed by atoms with Gasteiger partial charge in [0.25, 0.3) is 0 Å². The van der Waals surface area contributed by atoms with Crippen molar-refractivity contribution in [2.45, 2.75) is 18.2 Å². The second-order valence-corrected chi connectivity index (χ2v) is 6.89. The molecule has 0 radical (unpaired) electrons. The zero-order valence-corrected chi connectivity index (χ0v) is 14.1. The van der Waals surface area contributed by atoms with Crippen LogP contribution in [0.2, 0.25) is 0 Å². The Labute approximate surface area is 128 Å². The molecule has 0 aliphatic carbocycles. The van der Waals surface area contributed by atoms with Crippen LogP contribution in [0, 0.1) is 6.92 Å². The van der Waals surface area contributed by atoms with Crippen LogP contribution in [0.5, 0.6) is 0 Å². The largest absolute Gasteiger partial charge is 0.382 e. The van der Waals surface area contributed by atoms with Crippen LogP contribution in [0.3, 0.4) is 0 Å². The van der Waals surface area contributed by atoms with Crippen molar-refractivity contribution in [2.24, 2.45) is 0 Å². The number of ether oxygens (including phenoxy) is 2. The molecule has 0 aromatic heterocycles. The van der Waals surface area contributed by atoms with Crippen LogP contribution in [0.15, 0.2) is 27.6 Å². The van der Waals surface area contributed by atoms with Crippen LogP contribution in [0.1, 0.15) is 12.0 Å². The van der Waals surface area contributed by atoms with E-state index in [2.05, 4.69) is 20.7 Å². The number of aryl methyl sites for hydroxylation is 1. The third kappa shape index (κ3) is 5.88. The van der Waals surface area contributed by atoms with Crippen molar-refractivity contribution < 1.29 is 17.9 Å². The molecular weight excluding hydrogens is 346 g/mol. The van der Waals surface area contributed by atoms with Gasteiger partial charge in [-0.05, 0) is 37.1 Å². The first-order valence-corrected chi connectivity index (χ1v) is 8.57. The van der Waals surface area contributed by atoms with Crippen molar-refractivity contribution in [2.75, 3.05) is 33.5 Å². The minimum Gasteiger partial charge on any atom is -0.382 e. The van der Waals surface area contributed by atoms with Gasteiger partial charge in [0, 0.05) is 24.7 Å². The number of hydrogen-bond acceptors (Lipinski definition) is 4. The van der Waals surface area contributed by atoms with Crippen molar-refractivity contribution in [1.29, 1.82) is 0 Å². The Morgan fingerprint density at radius 1 is 1.25 bits per heavy atom. The third-order valence-corrected chi connectivity index (χ3v) is 4.98. The molecule has 0 fully saturated rings. The molecule has 0 bridgehead atoms. The molecule has 5 nitrogen and oxygen atoms in total. The normalized spacial score (nSPS) is 11.8. The molecule has 0 saturated heterocycles. The van der Waals surface area contributed by atoms with E-state index in [-0.39, 0.29) is 4.90 Å². The molecule has 0 heterocycles. The van der Waals surface area contributed by atoms with Crippen LogP contribution in [-0.4, -0.2) is 41.9 Å². The summed E-state index contributed by atoms with van der Waals surface area (Å²) in [6.45, 7) is 3.78. The minimum atomic E-state index is -3.45. The topological polar surface area (TPSA) is 64.6 Å². The molecule has 1 aromatic carbocycles. The van der Waals surface area contributed by atoms with Gasteiger partial charge < -0.3 is 9.47 Å². The predicted molar refractivity (Wildman–Crippen MR) is 81.4 cm³/mol. The van der Waals surface area contributed by atoms with E-state index in [0.29, 0.717) is 32.8 Å². The summed E-state index contributed by atoms with van der Waals surface area (Å²) >= 11 is 3.35. The molecular formula is C13H20BrNO4S. The van der Waals surface area contributed by atoms with Crippen molar-refractivity contribution in [3.05, 3.63) is 28.2 Å². The van der Waals surface area contributed by atoms with E-state index in [0.717, 1.165) is 10.0 Å². The lowest BCUT2D eigenvalue weighted by atomic mass is 10.2. The van der Waals surface area contributed by atoms with E-state index in [1.165, 1.54) is 0 Å². The Morgan fingerprint density at radius 3 is 2.65 bits per heavy atom. The van der Waals surface area contributed by atoms with E-state index >= 15 is 0 Å². The van der Waals surface area contributed by atoms with E-state index < -0.39 is 10.0 Å². The Morgan fingerprint density at radius 2 is 2.00 bits per heavy atom. The van der Waals surface area contributed by atoms with Gasteiger partial charge in [-0.1, -0.05) is 15.9 Å². The number of hydrogen-bond donors (Lipinski definition) is 1. The molecule has 0 unspecified atom stereocenters. The Hall–Kier alpha value is -0.470. The van der Waals surface area contributed by atoms with E-state index in [9.17, 15) is 8.42 Å². The highest BCUT2D eigenvalue weighted by Crippen LogP contribution is 2.19. The first-order chi connectivity index (χ1) is 9.47. The fraction of sp³-hybridized carbons (Fsp3) is 0.538. The fourth-order valence-corrected chi connectivity index (χ4v) is 2.90. The highest BCUT2D eigenvalue weighted by atomic mass is 79.9. The second kappa shape index (κ2) is 8.74. The van der Waals surface area contributed by atoms with Crippen LogP contribution >= 0.6 is 15.9 Å². The molecule has 1 rings (SSSR count). The molecule has 0 aliphatic heterocycles. The van der Waals surface area contributed by atoms with Crippen LogP contribution in [0.25, 0.3) is 0 Å². The molecule has 1 N–H and O–H groups in total. The highest BCUT2D eigenvalue weighted by Gasteiger charge is 2.13. The van der Waals surface area contributed by atoms with Gasteiger partial charge in [0.1, 0.15) is 0 Å². The zero-order valence-electron chi connectivity index (χ0n) is 11.7. The maximum atomic E-state index is 12.0. The SMILES string of the molecule is COCCOCCCNS(=O)(=O)c1ccc(Br)c(C)c1. The number of methoxy groups -OCH3 is 1. The molecule has 7 heteroatoms. The maximum absolute atomic E-state index is 12.0. The third-order valence-electron chi connectivity index (χ3n) is 2.63.